The maximum atomic E-state index is 10.6. The van der Waals surface area contributed by atoms with Crippen molar-refractivity contribution >= 4 is 29.5 Å². The Hall–Kier alpha value is -0.310. The first-order chi connectivity index (χ1) is 6.19. The van der Waals surface area contributed by atoms with Crippen LogP contribution in [-0.4, -0.2) is 12.8 Å². The van der Waals surface area contributed by atoms with Crippen molar-refractivity contribution in [2.24, 2.45) is 11.7 Å². The average molecular weight is 220 g/mol. The molecule has 0 amide bonds. The van der Waals surface area contributed by atoms with Crippen molar-refractivity contribution in [1.29, 1.82) is 0 Å². The third-order valence-corrected chi connectivity index (χ3v) is 2.93. The third-order valence-electron chi connectivity index (χ3n) is 2.10. The molecule has 1 atom stereocenters. The van der Waals surface area contributed by atoms with Gasteiger partial charge in [0.25, 0.3) is 0 Å². The molecule has 0 spiro atoms. The Morgan fingerprint density at radius 2 is 2.23 bits per heavy atom. The molecule has 0 aromatic carbocycles. The molecule has 4 heteroatoms. The predicted octanol–water partition coefficient (Wildman–Crippen LogP) is 2.17. The zero-order chi connectivity index (χ0) is 9.84. The SMILES string of the molecule is NCC(C=O)C1=CC(Cl)=C(Cl)CC1. The van der Waals surface area contributed by atoms with Gasteiger partial charge < -0.3 is 10.5 Å². The van der Waals surface area contributed by atoms with Crippen LogP contribution in [0.25, 0.3) is 0 Å². The Bertz CT molecular complexity index is 271. The van der Waals surface area contributed by atoms with Crippen molar-refractivity contribution in [3.63, 3.8) is 0 Å². The summed E-state index contributed by atoms with van der Waals surface area (Å²) in [6.45, 7) is 0.330. The first-order valence-corrected chi connectivity index (χ1v) is 4.84. The topological polar surface area (TPSA) is 43.1 Å². The summed E-state index contributed by atoms with van der Waals surface area (Å²) >= 11 is 11.6. The summed E-state index contributed by atoms with van der Waals surface area (Å²) in [5, 5.41) is 1.19. The van der Waals surface area contributed by atoms with Crippen LogP contribution >= 0.6 is 23.2 Å². The van der Waals surface area contributed by atoms with E-state index in [4.69, 9.17) is 28.9 Å². The number of allylic oxidation sites excluding steroid dienone is 3. The van der Waals surface area contributed by atoms with E-state index in [9.17, 15) is 4.79 Å². The van der Waals surface area contributed by atoms with E-state index < -0.39 is 0 Å². The van der Waals surface area contributed by atoms with Gasteiger partial charge in [0.15, 0.2) is 0 Å². The zero-order valence-corrected chi connectivity index (χ0v) is 8.61. The van der Waals surface area contributed by atoms with E-state index in [1.807, 2.05) is 0 Å². The second-order valence-electron chi connectivity index (χ2n) is 2.95. The van der Waals surface area contributed by atoms with Crippen molar-refractivity contribution in [3.05, 3.63) is 21.7 Å². The minimum atomic E-state index is -0.210. The second-order valence-corrected chi connectivity index (χ2v) is 3.81. The molecule has 0 aromatic heterocycles. The first kappa shape index (κ1) is 10.8. The highest BCUT2D eigenvalue weighted by atomic mass is 35.5. The standard InChI is InChI=1S/C9H11Cl2NO/c10-8-2-1-6(3-9(8)11)7(4-12)5-13/h3,5,7H,1-2,4,12H2. The Kier molecular flexibility index (Phi) is 3.97. The third kappa shape index (κ3) is 2.56. The Balaban J connectivity index is 2.83. The van der Waals surface area contributed by atoms with Gasteiger partial charge in [-0.1, -0.05) is 28.8 Å². The van der Waals surface area contributed by atoms with E-state index in [-0.39, 0.29) is 5.92 Å². The number of nitrogens with two attached hydrogens (primary N) is 1. The lowest BCUT2D eigenvalue weighted by Gasteiger charge is -2.17. The summed E-state index contributed by atoms with van der Waals surface area (Å²) < 4.78 is 0. The largest absolute Gasteiger partial charge is 0.329 e. The fourth-order valence-electron chi connectivity index (χ4n) is 1.27. The van der Waals surface area contributed by atoms with Gasteiger partial charge in [-0.2, -0.15) is 0 Å². The molecule has 72 valence electrons. The van der Waals surface area contributed by atoms with Crippen LogP contribution in [0.1, 0.15) is 12.8 Å². The molecule has 1 unspecified atom stereocenters. The minimum absolute atomic E-state index is 0.210. The summed E-state index contributed by atoms with van der Waals surface area (Å²) in [6, 6.07) is 0. The van der Waals surface area contributed by atoms with E-state index in [1.54, 1.807) is 6.08 Å². The van der Waals surface area contributed by atoms with Gasteiger partial charge in [0.1, 0.15) is 6.29 Å². The van der Waals surface area contributed by atoms with Crippen LogP contribution in [0, 0.1) is 5.92 Å². The molecular weight excluding hydrogens is 209 g/mol. The Morgan fingerprint density at radius 1 is 1.54 bits per heavy atom. The number of carbonyl (C=O) groups is 1. The molecule has 0 heterocycles. The van der Waals surface area contributed by atoms with Crippen LogP contribution in [0.3, 0.4) is 0 Å². The van der Waals surface area contributed by atoms with Gasteiger partial charge in [-0.3, -0.25) is 0 Å². The highest BCUT2D eigenvalue weighted by molar-refractivity contribution is 6.40. The molecule has 0 fully saturated rings. The van der Waals surface area contributed by atoms with E-state index in [1.165, 1.54) is 0 Å². The fraction of sp³-hybridized carbons (Fsp3) is 0.444. The molecule has 1 rings (SSSR count). The summed E-state index contributed by atoms with van der Waals surface area (Å²) in [5.41, 5.74) is 6.41. The number of rotatable bonds is 3. The van der Waals surface area contributed by atoms with Gasteiger partial charge in [-0.05, 0) is 18.9 Å². The average Bonchev–Trinajstić information content (AvgIpc) is 2.13. The van der Waals surface area contributed by atoms with E-state index >= 15 is 0 Å². The van der Waals surface area contributed by atoms with Crippen molar-refractivity contribution in [1.82, 2.24) is 0 Å². The lowest BCUT2D eigenvalue weighted by molar-refractivity contribution is -0.110. The van der Waals surface area contributed by atoms with E-state index in [0.717, 1.165) is 18.3 Å². The predicted molar refractivity (Wildman–Crippen MR) is 54.7 cm³/mol. The first-order valence-electron chi connectivity index (χ1n) is 4.09. The van der Waals surface area contributed by atoms with Gasteiger partial charge in [0, 0.05) is 17.5 Å². The molecule has 2 nitrogen and oxygen atoms in total. The van der Waals surface area contributed by atoms with Crippen LogP contribution in [0.4, 0.5) is 0 Å². The number of halogens is 2. The molecule has 2 N–H and O–H groups in total. The van der Waals surface area contributed by atoms with Crippen molar-refractivity contribution < 1.29 is 4.79 Å². The summed E-state index contributed by atoms with van der Waals surface area (Å²) in [4.78, 5) is 10.6. The highest BCUT2D eigenvalue weighted by Gasteiger charge is 2.16. The quantitative estimate of drug-likeness (QED) is 0.740. The molecule has 0 saturated heterocycles. The number of hydrogen-bond acceptors (Lipinski definition) is 2. The maximum Gasteiger partial charge on any atom is 0.128 e. The Morgan fingerprint density at radius 3 is 2.69 bits per heavy atom. The molecule has 0 bridgehead atoms. The van der Waals surface area contributed by atoms with E-state index in [0.29, 0.717) is 23.0 Å². The van der Waals surface area contributed by atoms with Crippen LogP contribution < -0.4 is 5.73 Å². The molecule has 13 heavy (non-hydrogen) atoms. The lowest BCUT2D eigenvalue weighted by Crippen LogP contribution is -2.19. The van der Waals surface area contributed by atoms with E-state index in [2.05, 4.69) is 0 Å². The monoisotopic (exact) mass is 219 g/mol. The Labute approximate surface area is 87.4 Å². The molecule has 0 aromatic rings. The van der Waals surface area contributed by atoms with Crippen molar-refractivity contribution in [2.75, 3.05) is 6.54 Å². The van der Waals surface area contributed by atoms with Crippen LogP contribution in [0.2, 0.25) is 0 Å². The summed E-state index contributed by atoms with van der Waals surface area (Å²) in [5.74, 6) is -0.210. The van der Waals surface area contributed by atoms with Gasteiger partial charge in [-0.25, -0.2) is 0 Å². The zero-order valence-electron chi connectivity index (χ0n) is 7.09. The molecule has 0 aliphatic heterocycles. The van der Waals surface area contributed by atoms with Crippen LogP contribution in [0.5, 0.6) is 0 Å². The van der Waals surface area contributed by atoms with Gasteiger partial charge in [-0.15, -0.1) is 0 Å². The second kappa shape index (κ2) is 4.80. The van der Waals surface area contributed by atoms with Crippen molar-refractivity contribution in [3.8, 4) is 0 Å². The fourth-order valence-corrected chi connectivity index (χ4v) is 1.66. The molecule has 0 saturated carbocycles. The molecule has 0 radical (unpaired) electrons. The number of aldehydes is 1. The van der Waals surface area contributed by atoms with Crippen molar-refractivity contribution in [2.45, 2.75) is 12.8 Å². The van der Waals surface area contributed by atoms with Gasteiger partial charge >= 0.3 is 0 Å². The minimum Gasteiger partial charge on any atom is -0.329 e. The number of carbonyl (C=O) groups excluding carboxylic acids is 1. The van der Waals surface area contributed by atoms with Gasteiger partial charge in [0.2, 0.25) is 0 Å². The summed E-state index contributed by atoms with van der Waals surface area (Å²) in [7, 11) is 0. The lowest BCUT2D eigenvalue weighted by atomic mass is 9.93. The summed E-state index contributed by atoms with van der Waals surface area (Å²) in [6.07, 6.45) is 4.08. The van der Waals surface area contributed by atoms with Crippen LogP contribution in [-0.2, 0) is 4.79 Å². The van der Waals surface area contributed by atoms with Crippen LogP contribution in [0.15, 0.2) is 21.7 Å². The molecule has 1 aliphatic rings. The maximum absolute atomic E-state index is 10.6. The smallest absolute Gasteiger partial charge is 0.128 e. The van der Waals surface area contributed by atoms with Gasteiger partial charge in [0.05, 0.1) is 5.03 Å². The number of hydrogen-bond donors (Lipinski definition) is 1. The molecular formula is C9H11Cl2NO. The normalized spacial score (nSPS) is 19.8. The molecule has 1 aliphatic carbocycles. The highest BCUT2D eigenvalue weighted by Crippen LogP contribution is 2.31.